The maximum atomic E-state index is 12.3. The van der Waals surface area contributed by atoms with Gasteiger partial charge in [-0.3, -0.25) is 4.99 Å². The van der Waals surface area contributed by atoms with Gasteiger partial charge in [-0.15, -0.1) is 0 Å². The highest BCUT2D eigenvalue weighted by atomic mass is 16.6. The van der Waals surface area contributed by atoms with E-state index in [-0.39, 0.29) is 6.09 Å². The van der Waals surface area contributed by atoms with Gasteiger partial charge in [0.25, 0.3) is 0 Å². The molecule has 2 rings (SSSR count). The summed E-state index contributed by atoms with van der Waals surface area (Å²) in [6.07, 6.45) is 2.20. The van der Waals surface area contributed by atoms with E-state index in [0.29, 0.717) is 38.0 Å². The second-order valence-corrected chi connectivity index (χ2v) is 7.83. The van der Waals surface area contributed by atoms with Gasteiger partial charge in [0.15, 0.2) is 5.96 Å². The lowest BCUT2D eigenvalue weighted by Gasteiger charge is -2.27. The molecule has 0 aliphatic rings. The lowest BCUT2D eigenvalue weighted by Crippen LogP contribution is -2.44. The first kappa shape index (κ1) is 23.3. The van der Waals surface area contributed by atoms with Crippen LogP contribution in [0.5, 0.6) is 0 Å². The summed E-state index contributed by atoms with van der Waals surface area (Å²) in [5.74, 6) is 1.21. The van der Waals surface area contributed by atoms with Crippen molar-refractivity contribution in [3.05, 3.63) is 42.3 Å². The van der Waals surface area contributed by atoms with Crippen molar-refractivity contribution in [3.63, 3.8) is 0 Å². The Morgan fingerprint density at radius 1 is 1.20 bits per heavy atom. The Hall–Kier alpha value is -3.03. The van der Waals surface area contributed by atoms with Crippen LogP contribution in [0.3, 0.4) is 0 Å². The van der Waals surface area contributed by atoms with E-state index in [2.05, 4.69) is 20.6 Å². The van der Waals surface area contributed by atoms with E-state index in [1.807, 2.05) is 58.0 Å². The van der Waals surface area contributed by atoms with Crippen LogP contribution < -0.4 is 10.6 Å². The van der Waals surface area contributed by atoms with E-state index in [4.69, 9.17) is 9.15 Å². The van der Waals surface area contributed by atoms with E-state index in [0.717, 1.165) is 17.7 Å². The number of oxazole rings is 1. The number of rotatable bonds is 8. The molecule has 0 saturated heterocycles. The Kier molecular flexibility index (Phi) is 8.70. The van der Waals surface area contributed by atoms with Gasteiger partial charge in [-0.2, -0.15) is 0 Å². The summed E-state index contributed by atoms with van der Waals surface area (Å²) < 4.78 is 11.0. The third kappa shape index (κ3) is 7.77. The minimum absolute atomic E-state index is 0.301. The molecule has 8 heteroatoms. The van der Waals surface area contributed by atoms with E-state index in [1.54, 1.807) is 18.2 Å². The molecule has 0 radical (unpaired) electrons. The molecule has 0 fully saturated rings. The molecule has 1 aromatic carbocycles. The molecule has 1 aromatic heterocycles. The molecule has 0 aliphatic heterocycles. The van der Waals surface area contributed by atoms with Crippen LogP contribution in [0.15, 0.2) is 46.0 Å². The van der Waals surface area contributed by atoms with Crippen molar-refractivity contribution in [1.82, 2.24) is 20.5 Å². The van der Waals surface area contributed by atoms with Crippen LogP contribution in [0.1, 0.15) is 39.8 Å². The predicted octanol–water partition coefficient (Wildman–Crippen LogP) is 3.65. The van der Waals surface area contributed by atoms with Crippen molar-refractivity contribution < 1.29 is 13.9 Å². The van der Waals surface area contributed by atoms with Crippen LogP contribution in [0.2, 0.25) is 0 Å². The van der Waals surface area contributed by atoms with Crippen molar-refractivity contribution in [3.8, 4) is 11.5 Å². The van der Waals surface area contributed by atoms with Crippen LogP contribution in [0.25, 0.3) is 11.5 Å². The molecule has 0 spiro atoms. The summed E-state index contributed by atoms with van der Waals surface area (Å²) in [6, 6.07) is 9.76. The molecular weight excluding hydrogens is 382 g/mol. The number of aliphatic imine (C=N–C) groups is 1. The van der Waals surface area contributed by atoms with E-state index >= 15 is 0 Å². The Balaban J connectivity index is 1.81. The predicted molar refractivity (Wildman–Crippen MR) is 118 cm³/mol. The maximum absolute atomic E-state index is 12.3. The van der Waals surface area contributed by atoms with Gasteiger partial charge in [0, 0.05) is 32.2 Å². The third-order valence-electron chi connectivity index (χ3n) is 4.05. The standard InChI is InChI=1S/C22H33N5O3/c1-6-13-27(21(28)30-22(2,3)4)14-12-24-20(23-5)25-15-18-16-29-19(26-18)17-10-8-7-9-11-17/h7-11,16H,6,12-15H2,1-5H3,(H2,23,24,25). The molecule has 0 aliphatic carbocycles. The molecule has 0 saturated carbocycles. The van der Waals surface area contributed by atoms with Gasteiger partial charge < -0.3 is 24.7 Å². The molecular formula is C22H33N5O3. The number of ether oxygens (including phenoxy) is 1. The summed E-state index contributed by atoms with van der Waals surface area (Å²) in [5.41, 5.74) is 1.20. The number of hydrogen-bond acceptors (Lipinski definition) is 5. The minimum atomic E-state index is -0.510. The second kappa shape index (κ2) is 11.2. The highest BCUT2D eigenvalue weighted by Gasteiger charge is 2.21. The van der Waals surface area contributed by atoms with Crippen molar-refractivity contribution in [1.29, 1.82) is 0 Å². The van der Waals surface area contributed by atoms with Crippen molar-refractivity contribution in [2.24, 2.45) is 4.99 Å². The average Bonchev–Trinajstić information content (AvgIpc) is 3.18. The van der Waals surface area contributed by atoms with E-state index < -0.39 is 5.60 Å². The quantitative estimate of drug-likeness (QED) is 0.505. The van der Waals surface area contributed by atoms with Crippen LogP contribution in [-0.4, -0.2) is 54.2 Å². The average molecular weight is 416 g/mol. The second-order valence-electron chi connectivity index (χ2n) is 7.83. The maximum Gasteiger partial charge on any atom is 0.410 e. The molecule has 1 amide bonds. The van der Waals surface area contributed by atoms with Gasteiger partial charge in [-0.25, -0.2) is 9.78 Å². The zero-order valence-corrected chi connectivity index (χ0v) is 18.6. The fraction of sp³-hybridized carbons (Fsp3) is 0.500. The molecule has 164 valence electrons. The van der Waals surface area contributed by atoms with Crippen LogP contribution in [-0.2, 0) is 11.3 Å². The zero-order valence-electron chi connectivity index (χ0n) is 18.6. The Morgan fingerprint density at radius 3 is 2.57 bits per heavy atom. The van der Waals surface area contributed by atoms with Crippen LogP contribution in [0, 0.1) is 0 Å². The number of aromatic nitrogens is 1. The van der Waals surface area contributed by atoms with Crippen molar-refractivity contribution in [2.45, 2.75) is 46.3 Å². The van der Waals surface area contributed by atoms with Gasteiger partial charge >= 0.3 is 6.09 Å². The highest BCUT2D eigenvalue weighted by Crippen LogP contribution is 2.17. The first-order chi connectivity index (χ1) is 14.3. The normalized spacial score (nSPS) is 11.8. The molecule has 2 N–H and O–H groups in total. The molecule has 0 unspecified atom stereocenters. The lowest BCUT2D eigenvalue weighted by atomic mass is 10.2. The van der Waals surface area contributed by atoms with Crippen molar-refractivity contribution in [2.75, 3.05) is 26.7 Å². The number of guanidine groups is 1. The zero-order chi connectivity index (χ0) is 22.0. The van der Waals surface area contributed by atoms with Gasteiger partial charge in [0.05, 0.1) is 12.2 Å². The Morgan fingerprint density at radius 2 is 1.93 bits per heavy atom. The lowest BCUT2D eigenvalue weighted by molar-refractivity contribution is 0.0253. The number of carbonyl (C=O) groups is 1. The summed E-state index contributed by atoms with van der Waals surface area (Å²) in [6.45, 7) is 9.82. The number of nitrogens with zero attached hydrogens (tertiary/aromatic N) is 3. The van der Waals surface area contributed by atoms with Crippen LogP contribution in [0.4, 0.5) is 4.79 Å². The Labute approximate surface area is 178 Å². The molecule has 0 atom stereocenters. The van der Waals surface area contributed by atoms with E-state index in [1.165, 1.54) is 0 Å². The van der Waals surface area contributed by atoms with Crippen LogP contribution >= 0.6 is 0 Å². The molecule has 8 nitrogen and oxygen atoms in total. The summed E-state index contributed by atoms with van der Waals surface area (Å²) >= 11 is 0. The molecule has 1 heterocycles. The topological polar surface area (TPSA) is 92.0 Å². The number of hydrogen-bond donors (Lipinski definition) is 2. The Bertz CT molecular complexity index is 812. The van der Waals surface area contributed by atoms with Gasteiger partial charge in [0.2, 0.25) is 5.89 Å². The first-order valence-electron chi connectivity index (χ1n) is 10.2. The number of benzene rings is 1. The van der Waals surface area contributed by atoms with Gasteiger partial charge in [-0.05, 0) is 39.3 Å². The third-order valence-corrected chi connectivity index (χ3v) is 4.05. The summed E-state index contributed by atoms with van der Waals surface area (Å²) in [4.78, 5) is 22.8. The molecule has 2 aromatic rings. The number of amides is 1. The van der Waals surface area contributed by atoms with Gasteiger partial charge in [0.1, 0.15) is 11.9 Å². The fourth-order valence-corrected chi connectivity index (χ4v) is 2.70. The SMILES string of the molecule is CCCN(CCNC(=NC)NCc1coc(-c2ccccc2)n1)C(=O)OC(C)(C)C. The number of carbonyl (C=O) groups excluding carboxylic acids is 1. The number of nitrogens with one attached hydrogen (secondary N) is 2. The highest BCUT2D eigenvalue weighted by molar-refractivity contribution is 5.79. The smallest absolute Gasteiger partial charge is 0.410 e. The monoisotopic (exact) mass is 415 g/mol. The van der Waals surface area contributed by atoms with E-state index in [9.17, 15) is 4.79 Å². The molecule has 30 heavy (non-hydrogen) atoms. The summed E-state index contributed by atoms with van der Waals surface area (Å²) in [5, 5.41) is 6.42. The minimum Gasteiger partial charge on any atom is -0.444 e. The van der Waals surface area contributed by atoms with Crippen molar-refractivity contribution >= 4 is 12.1 Å². The van der Waals surface area contributed by atoms with Gasteiger partial charge in [-0.1, -0.05) is 25.1 Å². The summed E-state index contributed by atoms with van der Waals surface area (Å²) in [7, 11) is 1.70. The molecule has 0 bridgehead atoms. The fourth-order valence-electron chi connectivity index (χ4n) is 2.70. The first-order valence-corrected chi connectivity index (χ1v) is 10.2. The largest absolute Gasteiger partial charge is 0.444 e.